The fraction of sp³-hybridized carbons (Fsp3) is 0.763. The van der Waals surface area contributed by atoms with E-state index < -0.39 is 91.3 Å². The normalized spacial score (nSPS) is 38.5. The van der Waals surface area contributed by atoms with Crippen molar-refractivity contribution in [3.63, 3.8) is 0 Å². The number of hydrogen-bond donors (Lipinski definition) is 3. The third-order valence-electron chi connectivity index (χ3n) is 10.7. The van der Waals surface area contributed by atoms with E-state index >= 15 is 0 Å². The van der Waals surface area contributed by atoms with Crippen molar-refractivity contribution in [2.45, 2.75) is 160 Å². The van der Waals surface area contributed by atoms with E-state index in [-0.39, 0.29) is 29.9 Å². The van der Waals surface area contributed by atoms with E-state index in [1.807, 2.05) is 6.92 Å². The second-order valence-corrected chi connectivity index (χ2v) is 14.8. The quantitative estimate of drug-likeness (QED) is 0.268. The zero-order valence-corrected chi connectivity index (χ0v) is 30.3. The van der Waals surface area contributed by atoms with Crippen molar-refractivity contribution >= 4 is 17.7 Å². The number of esters is 2. The molecule has 13 nitrogen and oxygen atoms in total. The van der Waals surface area contributed by atoms with E-state index in [2.05, 4.69) is 6.92 Å². The van der Waals surface area contributed by atoms with Gasteiger partial charge in [-0.3, -0.25) is 4.79 Å². The summed E-state index contributed by atoms with van der Waals surface area (Å²) in [4.78, 5) is 40.8. The Bertz CT molecular complexity index is 1290. The molecule has 1 aromatic rings. The maximum atomic E-state index is 13.9. The molecule has 4 fully saturated rings. The van der Waals surface area contributed by atoms with Gasteiger partial charge in [0, 0.05) is 0 Å². The minimum absolute atomic E-state index is 0.113. The third-order valence-corrected chi connectivity index (χ3v) is 10.7. The van der Waals surface area contributed by atoms with Crippen LogP contribution in [-0.2, 0) is 42.7 Å². The number of carbonyl (C=O) groups is 3. The maximum Gasteiger partial charge on any atom is 0.338 e. The van der Waals surface area contributed by atoms with Gasteiger partial charge >= 0.3 is 11.9 Å². The van der Waals surface area contributed by atoms with Crippen LogP contribution in [0.25, 0.3) is 0 Å². The fourth-order valence-corrected chi connectivity index (χ4v) is 7.93. The van der Waals surface area contributed by atoms with Crippen molar-refractivity contribution in [2.75, 3.05) is 6.61 Å². The Morgan fingerprint density at radius 2 is 1.57 bits per heavy atom. The van der Waals surface area contributed by atoms with E-state index in [1.54, 1.807) is 51.1 Å². The Balaban J connectivity index is 1.44. The summed E-state index contributed by atoms with van der Waals surface area (Å²) in [6, 6.07) is 8.31. The molecule has 13 unspecified atom stereocenters. The highest BCUT2D eigenvalue weighted by Crippen LogP contribution is 2.38. The van der Waals surface area contributed by atoms with Crippen molar-refractivity contribution in [1.82, 2.24) is 0 Å². The predicted molar refractivity (Wildman–Crippen MR) is 181 cm³/mol. The molecule has 2 aliphatic heterocycles. The van der Waals surface area contributed by atoms with E-state index in [4.69, 9.17) is 33.2 Å². The van der Waals surface area contributed by atoms with Crippen LogP contribution >= 0.6 is 0 Å². The average molecular weight is 721 g/mol. The summed E-state index contributed by atoms with van der Waals surface area (Å²) < 4.78 is 42.7. The van der Waals surface area contributed by atoms with Gasteiger partial charge < -0.3 is 48.5 Å². The smallest absolute Gasteiger partial charge is 0.338 e. The number of Topliss-reactive ketones (excluding diaryl/α,β-unsaturated/α-hetero) is 1. The lowest BCUT2D eigenvalue weighted by molar-refractivity contribution is -0.334. The SMILES string of the molecule is CCOC(=O)[C@H](CC1CCCCC1)OC1C(=O)C(C)OC(OC2CC(C)CC(C)C2OC2OC(C)C(O)C(O)C2O)C1OC(=O)c1ccccc1. The second-order valence-electron chi connectivity index (χ2n) is 14.8. The van der Waals surface area contributed by atoms with Crippen LogP contribution < -0.4 is 0 Å². The van der Waals surface area contributed by atoms with Crippen molar-refractivity contribution < 1.29 is 62.9 Å². The number of carbonyl (C=O) groups excluding carboxylic acids is 3. The average Bonchev–Trinajstić information content (AvgIpc) is 3.11. The van der Waals surface area contributed by atoms with Gasteiger partial charge in [-0.2, -0.15) is 0 Å². The largest absolute Gasteiger partial charge is 0.464 e. The van der Waals surface area contributed by atoms with Gasteiger partial charge in [-0.05, 0) is 69.9 Å². The molecule has 0 aromatic heterocycles. The van der Waals surface area contributed by atoms with Gasteiger partial charge in [0.1, 0.15) is 24.4 Å². The number of rotatable bonds is 12. The van der Waals surface area contributed by atoms with Gasteiger partial charge in [0.25, 0.3) is 0 Å². The van der Waals surface area contributed by atoms with Crippen LogP contribution in [0.15, 0.2) is 30.3 Å². The molecule has 5 rings (SSSR count). The first-order chi connectivity index (χ1) is 24.4. The van der Waals surface area contributed by atoms with Gasteiger partial charge in [-0.25, -0.2) is 9.59 Å². The number of hydrogen-bond acceptors (Lipinski definition) is 13. The Labute approximate surface area is 300 Å². The fourth-order valence-electron chi connectivity index (χ4n) is 7.93. The monoisotopic (exact) mass is 720 g/mol. The van der Waals surface area contributed by atoms with Crippen LogP contribution in [0.2, 0.25) is 0 Å². The summed E-state index contributed by atoms with van der Waals surface area (Å²) in [5.41, 5.74) is 0.240. The summed E-state index contributed by atoms with van der Waals surface area (Å²) in [5.74, 6) is -1.55. The summed E-state index contributed by atoms with van der Waals surface area (Å²) in [5, 5.41) is 31.4. The van der Waals surface area contributed by atoms with Crippen LogP contribution in [0.4, 0.5) is 0 Å². The second kappa shape index (κ2) is 18.0. The lowest BCUT2D eigenvalue weighted by atomic mass is 9.79. The van der Waals surface area contributed by atoms with E-state index in [0.29, 0.717) is 12.8 Å². The molecule has 51 heavy (non-hydrogen) atoms. The van der Waals surface area contributed by atoms with E-state index in [9.17, 15) is 29.7 Å². The standard InChI is InChI=1S/C38H56O13/c1-6-45-36(44)27(19-24-13-9-7-10-14-24)48-33-29(40)23(5)47-38(34(33)50-35(43)25-15-11-8-12-16-25)49-26-18-20(2)17-21(3)32(26)51-37-31(42)30(41)28(39)22(4)46-37/h8,11-12,15-16,20-24,26-28,30-34,37-39,41-42H,6-7,9-10,13-14,17-19H2,1-5H3/t20?,21?,22?,23?,26?,27-,28?,30?,31?,32?,33?,34?,37?,38?/m0/s1. The molecular weight excluding hydrogens is 664 g/mol. The molecule has 13 heteroatoms. The first-order valence-electron chi connectivity index (χ1n) is 18.7. The molecule has 14 atom stereocenters. The summed E-state index contributed by atoms with van der Waals surface area (Å²) >= 11 is 0. The molecule has 286 valence electrons. The predicted octanol–water partition coefficient (Wildman–Crippen LogP) is 3.48. The van der Waals surface area contributed by atoms with E-state index in [0.717, 1.165) is 38.5 Å². The Kier molecular flexibility index (Phi) is 14.0. The highest BCUT2D eigenvalue weighted by atomic mass is 16.7. The van der Waals surface area contributed by atoms with Gasteiger partial charge in [0.05, 0.1) is 30.5 Å². The molecule has 3 N–H and O–H groups in total. The van der Waals surface area contributed by atoms with Crippen LogP contribution in [0, 0.1) is 17.8 Å². The molecule has 1 aromatic carbocycles. The molecule has 0 bridgehead atoms. The first kappa shape index (κ1) is 39.7. The lowest BCUT2D eigenvalue weighted by Gasteiger charge is -2.47. The number of ketones is 1. The van der Waals surface area contributed by atoms with Gasteiger partial charge in [0.15, 0.2) is 36.7 Å². The number of aliphatic hydroxyl groups is 3. The Morgan fingerprint density at radius 1 is 0.863 bits per heavy atom. The van der Waals surface area contributed by atoms with Gasteiger partial charge in [-0.15, -0.1) is 0 Å². The summed E-state index contributed by atoms with van der Waals surface area (Å²) in [7, 11) is 0. The molecule has 2 heterocycles. The summed E-state index contributed by atoms with van der Waals surface area (Å²) in [6.07, 6.45) is -7.31. The highest BCUT2D eigenvalue weighted by molar-refractivity contribution is 5.92. The molecule has 2 saturated carbocycles. The Hall–Kier alpha value is -2.49. The minimum atomic E-state index is -1.52. The van der Waals surface area contributed by atoms with Crippen LogP contribution in [0.5, 0.6) is 0 Å². The molecular formula is C38H56O13. The van der Waals surface area contributed by atoms with Crippen molar-refractivity contribution in [2.24, 2.45) is 17.8 Å². The van der Waals surface area contributed by atoms with Gasteiger partial charge in [0.2, 0.25) is 0 Å². The molecule has 4 aliphatic rings. The lowest BCUT2D eigenvalue weighted by Crippen LogP contribution is -2.62. The maximum absolute atomic E-state index is 13.9. The first-order valence-corrected chi connectivity index (χ1v) is 18.7. The van der Waals surface area contributed by atoms with Crippen molar-refractivity contribution in [1.29, 1.82) is 0 Å². The van der Waals surface area contributed by atoms with Crippen molar-refractivity contribution in [3.05, 3.63) is 35.9 Å². The molecule has 2 saturated heterocycles. The Morgan fingerprint density at radius 3 is 2.25 bits per heavy atom. The molecule has 2 aliphatic carbocycles. The molecule has 0 amide bonds. The third kappa shape index (κ3) is 9.74. The summed E-state index contributed by atoms with van der Waals surface area (Å²) in [6.45, 7) is 9.02. The van der Waals surface area contributed by atoms with Crippen LogP contribution in [-0.4, -0.2) is 113 Å². The van der Waals surface area contributed by atoms with Crippen molar-refractivity contribution in [3.8, 4) is 0 Å². The van der Waals surface area contributed by atoms with Gasteiger partial charge in [-0.1, -0.05) is 64.2 Å². The number of aliphatic hydroxyl groups excluding tert-OH is 3. The van der Waals surface area contributed by atoms with E-state index in [1.165, 1.54) is 0 Å². The highest BCUT2D eigenvalue weighted by Gasteiger charge is 2.52. The number of benzene rings is 1. The zero-order chi connectivity index (χ0) is 36.8. The molecule has 0 spiro atoms. The topological polar surface area (TPSA) is 177 Å². The minimum Gasteiger partial charge on any atom is -0.464 e. The number of ether oxygens (including phenoxy) is 7. The molecule has 0 radical (unpaired) electrons. The zero-order valence-electron chi connectivity index (χ0n) is 30.3. The van der Waals surface area contributed by atoms with Crippen LogP contribution in [0.3, 0.4) is 0 Å². The van der Waals surface area contributed by atoms with Crippen LogP contribution in [0.1, 0.15) is 96.3 Å².